The zero-order valence-corrected chi connectivity index (χ0v) is 17.6. The molecule has 2 aromatic rings. The Bertz CT molecular complexity index is 828. The van der Waals surface area contributed by atoms with Crippen LogP contribution < -0.4 is 8.92 Å². The summed E-state index contributed by atoms with van der Waals surface area (Å²) in [6.07, 6.45) is 2.30. The molecule has 150 valence electrons. The Balaban J connectivity index is 1.48. The second kappa shape index (κ2) is 7.96. The second-order valence-corrected chi connectivity index (χ2v) is 9.39. The van der Waals surface area contributed by atoms with Crippen molar-refractivity contribution in [3.63, 3.8) is 0 Å². The van der Waals surface area contributed by atoms with Crippen LogP contribution in [-0.4, -0.2) is 30.1 Å². The van der Waals surface area contributed by atoms with Gasteiger partial charge in [-0.3, -0.25) is 4.90 Å². The number of rotatable bonds is 4. The minimum Gasteiger partial charge on any atom is -0.493 e. The average Bonchev–Trinajstić information content (AvgIpc) is 3.07. The number of fused-ring (bicyclic) bond motifs is 1. The maximum atomic E-state index is 14.4. The molecule has 0 N–H and O–H groups in total. The molecule has 4 rings (SSSR count). The molecule has 2 aromatic carbocycles. The molecule has 0 aliphatic carbocycles. The van der Waals surface area contributed by atoms with Gasteiger partial charge in [-0.05, 0) is 70.3 Å². The molecular formula is C23H28FNO2S. The van der Waals surface area contributed by atoms with Crippen molar-refractivity contribution in [1.82, 2.24) is 4.90 Å². The zero-order chi connectivity index (χ0) is 19.7. The summed E-state index contributed by atoms with van der Waals surface area (Å²) in [5, 5.41) is 0. The summed E-state index contributed by atoms with van der Waals surface area (Å²) in [7, 11) is 0. The molecule has 0 bridgehead atoms. The van der Waals surface area contributed by atoms with Gasteiger partial charge in [-0.15, -0.1) is 0 Å². The van der Waals surface area contributed by atoms with E-state index in [4.69, 9.17) is 8.92 Å². The van der Waals surface area contributed by atoms with E-state index >= 15 is 0 Å². The SMILES string of the molecule is CC(C)(C)N1CCC(COc2ccccc2-c2cccc3c2C(F)SO3)CC1. The number of ether oxygens (including phenoxy) is 1. The third-order valence-corrected chi connectivity index (χ3v) is 6.41. The summed E-state index contributed by atoms with van der Waals surface area (Å²) in [4.78, 5) is 2.55. The number of likely N-dealkylation sites (tertiary alicyclic amines) is 1. The van der Waals surface area contributed by atoms with Gasteiger partial charge in [0.15, 0.2) is 0 Å². The largest absolute Gasteiger partial charge is 0.493 e. The van der Waals surface area contributed by atoms with E-state index in [2.05, 4.69) is 25.7 Å². The highest BCUT2D eigenvalue weighted by Gasteiger charge is 2.30. The van der Waals surface area contributed by atoms with Crippen LogP contribution in [0.25, 0.3) is 11.1 Å². The maximum Gasteiger partial charge on any atom is 0.212 e. The van der Waals surface area contributed by atoms with Gasteiger partial charge < -0.3 is 8.92 Å². The molecule has 0 aromatic heterocycles. The fourth-order valence-electron chi connectivity index (χ4n) is 4.02. The Hall–Kier alpha value is -1.72. The van der Waals surface area contributed by atoms with Crippen LogP contribution in [0, 0.1) is 5.92 Å². The molecule has 0 radical (unpaired) electrons. The van der Waals surface area contributed by atoms with E-state index in [0.717, 1.165) is 54.9 Å². The first-order valence-electron chi connectivity index (χ1n) is 10.0. The Labute approximate surface area is 171 Å². The van der Waals surface area contributed by atoms with E-state index in [1.54, 1.807) is 0 Å². The summed E-state index contributed by atoms with van der Waals surface area (Å²) in [6.45, 7) is 9.76. The molecule has 1 fully saturated rings. The first kappa shape index (κ1) is 19.6. The van der Waals surface area contributed by atoms with Gasteiger partial charge in [0.1, 0.15) is 11.5 Å². The van der Waals surface area contributed by atoms with E-state index in [0.29, 0.717) is 23.8 Å². The third kappa shape index (κ3) is 4.01. The lowest BCUT2D eigenvalue weighted by atomic mass is 9.93. The van der Waals surface area contributed by atoms with Crippen molar-refractivity contribution in [3.05, 3.63) is 48.0 Å². The van der Waals surface area contributed by atoms with Gasteiger partial charge in [-0.1, -0.05) is 30.3 Å². The lowest BCUT2D eigenvalue weighted by Crippen LogP contribution is -2.46. The fraction of sp³-hybridized carbons (Fsp3) is 0.478. The molecular weight excluding hydrogens is 373 g/mol. The quantitative estimate of drug-likeness (QED) is 0.564. The number of piperidine rings is 1. The normalized spacial score (nSPS) is 20.6. The van der Waals surface area contributed by atoms with Crippen LogP contribution >= 0.6 is 12.0 Å². The van der Waals surface area contributed by atoms with Crippen LogP contribution in [-0.2, 0) is 0 Å². The van der Waals surface area contributed by atoms with E-state index in [-0.39, 0.29) is 5.54 Å². The van der Waals surface area contributed by atoms with E-state index in [1.165, 1.54) is 0 Å². The van der Waals surface area contributed by atoms with Gasteiger partial charge >= 0.3 is 0 Å². The number of hydrogen-bond acceptors (Lipinski definition) is 4. The standard InChI is InChI=1S/C23H28FNO2S/c1-23(2,3)25-13-11-16(12-14-25)15-26-19-9-5-4-7-17(19)18-8-6-10-20-21(18)22(24)28-27-20/h4-10,16,22H,11-15H2,1-3H3. The molecule has 1 atom stereocenters. The van der Waals surface area contributed by atoms with Crippen LogP contribution in [0.15, 0.2) is 42.5 Å². The smallest absolute Gasteiger partial charge is 0.212 e. The van der Waals surface area contributed by atoms with Gasteiger partial charge in [-0.2, -0.15) is 0 Å². The third-order valence-electron chi connectivity index (χ3n) is 5.73. The molecule has 2 aliphatic rings. The highest BCUT2D eigenvalue weighted by molar-refractivity contribution is 7.95. The highest BCUT2D eigenvalue weighted by atomic mass is 32.2. The van der Waals surface area contributed by atoms with Crippen LogP contribution in [0.2, 0.25) is 0 Å². The molecule has 0 saturated carbocycles. The van der Waals surface area contributed by atoms with Crippen molar-refractivity contribution < 1.29 is 13.3 Å². The van der Waals surface area contributed by atoms with Crippen LogP contribution in [0.1, 0.15) is 44.7 Å². The second-order valence-electron chi connectivity index (χ2n) is 8.62. The van der Waals surface area contributed by atoms with Crippen molar-refractivity contribution >= 4 is 12.0 Å². The van der Waals surface area contributed by atoms with Crippen molar-refractivity contribution in [2.45, 2.75) is 44.7 Å². The van der Waals surface area contributed by atoms with Crippen LogP contribution in [0.4, 0.5) is 4.39 Å². The summed E-state index contributed by atoms with van der Waals surface area (Å²) >= 11 is 0.867. The van der Waals surface area contributed by atoms with Gasteiger partial charge in [0.2, 0.25) is 5.50 Å². The number of alkyl halides is 1. The minimum atomic E-state index is -1.17. The molecule has 1 unspecified atom stereocenters. The summed E-state index contributed by atoms with van der Waals surface area (Å²) in [5.41, 5.74) is 1.46. The highest BCUT2D eigenvalue weighted by Crippen LogP contribution is 2.50. The number of benzene rings is 2. The zero-order valence-electron chi connectivity index (χ0n) is 16.8. The predicted molar refractivity (Wildman–Crippen MR) is 113 cm³/mol. The predicted octanol–water partition coefficient (Wildman–Crippen LogP) is 6.25. The van der Waals surface area contributed by atoms with Gasteiger partial charge in [0.25, 0.3) is 0 Å². The van der Waals surface area contributed by atoms with Gasteiger partial charge in [-0.25, -0.2) is 4.39 Å². The Morgan fingerprint density at radius 3 is 2.54 bits per heavy atom. The van der Waals surface area contributed by atoms with E-state index in [9.17, 15) is 4.39 Å². The molecule has 28 heavy (non-hydrogen) atoms. The van der Waals surface area contributed by atoms with Crippen LogP contribution in [0.3, 0.4) is 0 Å². The minimum absolute atomic E-state index is 0.231. The molecule has 2 aliphatic heterocycles. The van der Waals surface area contributed by atoms with Crippen LogP contribution in [0.5, 0.6) is 11.5 Å². The topological polar surface area (TPSA) is 21.7 Å². The monoisotopic (exact) mass is 401 g/mol. The number of nitrogens with zero attached hydrogens (tertiary/aromatic N) is 1. The Morgan fingerprint density at radius 1 is 1.07 bits per heavy atom. The summed E-state index contributed by atoms with van der Waals surface area (Å²) < 4.78 is 26.1. The lowest BCUT2D eigenvalue weighted by Gasteiger charge is -2.40. The first-order chi connectivity index (χ1) is 13.4. The van der Waals surface area contributed by atoms with Crippen molar-refractivity contribution in [3.8, 4) is 22.6 Å². The Kier molecular flexibility index (Phi) is 5.57. The van der Waals surface area contributed by atoms with Crippen molar-refractivity contribution in [1.29, 1.82) is 0 Å². The number of hydrogen-bond donors (Lipinski definition) is 0. The molecule has 1 saturated heterocycles. The van der Waals surface area contributed by atoms with Crippen molar-refractivity contribution in [2.75, 3.05) is 19.7 Å². The average molecular weight is 402 g/mol. The molecule has 3 nitrogen and oxygen atoms in total. The molecule has 5 heteroatoms. The van der Waals surface area contributed by atoms with Gasteiger partial charge in [0.05, 0.1) is 24.2 Å². The first-order valence-corrected chi connectivity index (χ1v) is 10.8. The maximum absolute atomic E-state index is 14.4. The van der Waals surface area contributed by atoms with E-state index < -0.39 is 5.50 Å². The number of para-hydroxylation sites is 1. The summed E-state index contributed by atoms with van der Waals surface area (Å²) in [6, 6.07) is 13.6. The van der Waals surface area contributed by atoms with Crippen molar-refractivity contribution in [2.24, 2.45) is 5.92 Å². The summed E-state index contributed by atoms with van der Waals surface area (Å²) in [5.74, 6) is 1.98. The van der Waals surface area contributed by atoms with E-state index in [1.807, 2.05) is 42.5 Å². The fourth-order valence-corrected chi connectivity index (χ4v) is 4.69. The molecule has 0 spiro atoms. The number of halogens is 1. The Morgan fingerprint density at radius 2 is 1.79 bits per heavy atom. The lowest BCUT2D eigenvalue weighted by molar-refractivity contribution is 0.0721. The van der Waals surface area contributed by atoms with Gasteiger partial charge in [0, 0.05) is 11.1 Å². The molecule has 0 amide bonds. The molecule has 2 heterocycles.